The third kappa shape index (κ3) is 5.43. The van der Waals surface area contributed by atoms with Crippen LogP contribution < -0.4 is 10.1 Å². The molecule has 1 aromatic rings. The van der Waals surface area contributed by atoms with Crippen LogP contribution in [-0.2, 0) is 25.5 Å². The Balaban J connectivity index is 1.40. The van der Waals surface area contributed by atoms with Crippen molar-refractivity contribution in [3.63, 3.8) is 0 Å². The number of amides is 2. The number of rotatable bonds is 7. The summed E-state index contributed by atoms with van der Waals surface area (Å²) in [4.78, 5) is 36.1. The van der Waals surface area contributed by atoms with Gasteiger partial charge in [-0.3, -0.25) is 14.4 Å². The van der Waals surface area contributed by atoms with Gasteiger partial charge in [0, 0.05) is 31.6 Å². The molecule has 3 rings (SSSR count). The first kappa shape index (κ1) is 19.2. The molecule has 2 N–H and O–H groups in total. The molecule has 2 aliphatic heterocycles. The first-order chi connectivity index (χ1) is 13.0. The van der Waals surface area contributed by atoms with Gasteiger partial charge in [-0.25, -0.2) is 0 Å². The van der Waals surface area contributed by atoms with Gasteiger partial charge in [-0.15, -0.1) is 0 Å². The molecule has 0 aromatic heterocycles. The normalized spacial score (nSPS) is 19.2. The minimum absolute atomic E-state index is 0.00885. The number of hydrogen-bond donors (Lipinski definition) is 2. The monoisotopic (exact) mass is 376 g/mol. The molecule has 1 aromatic carbocycles. The molecular weight excluding hydrogens is 352 g/mol. The molecule has 0 bridgehead atoms. The molecule has 0 radical (unpaired) electrons. The predicted molar refractivity (Wildman–Crippen MR) is 96.7 cm³/mol. The van der Waals surface area contributed by atoms with Crippen LogP contribution in [0.15, 0.2) is 18.2 Å². The van der Waals surface area contributed by atoms with Gasteiger partial charge >= 0.3 is 5.97 Å². The maximum absolute atomic E-state index is 12.3. The van der Waals surface area contributed by atoms with Gasteiger partial charge in [0.05, 0.1) is 25.7 Å². The molecule has 8 nitrogen and oxygen atoms in total. The zero-order valence-electron chi connectivity index (χ0n) is 15.1. The van der Waals surface area contributed by atoms with Gasteiger partial charge in [-0.1, -0.05) is 0 Å². The van der Waals surface area contributed by atoms with E-state index in [1.54, 1.807) is 4.90 Å². The van der Waals surface area contributed by atoms with Crippen LogP contribution in [0.3, 0.4) is 0 Å². The first-order valence-electron chi connectivity index (χ1n) is 9.18. The number of carboxylic acid groups (broad SMARTS) is 1. The molecule has 0 spiro atoms. The van der Waals surface area contributed by atoms with Crippen LogP contribution in [0.2, 0.25) is 0 Å². The minimum atomic E-state index is -0.924. The number of aliphatic carboxylic acids is 1. The summed E-state index contributed by atoms with van der Waals surface area (Å²) in [6.07, 6.45) is 1.58. The topological polar surface area (TPSA) is 105 Å². The second kappa shape index (κ2) is 8.85. The number of morpholine rings is 1. The van der Waals surface area contributed by atoms with Gasteiger partial charge in [0.25, 0.3) is 0 Å². The van der Waals surface area contributed by atoms with Crippen LogP contribution in [-0.4, -0.2) is 60.2 Å². The van der Waals surface area contributed by atoms with Crippen molar-refractivity contribution in [2.24, 2.45) is 0 Å². The molecule has 2 heterocycles. The Morgan fingerprint density at radius 2 is 2.19 bits per heavy atom. The molecule has 1 atom stereocenters. The van der Waals surface area contributed by atoms with Crippen molar-refractivity contribution in [1.82, 2.24) is 4.90 Å². The van der Waals surface area contributed by atoms with E-state index in [4.69, 9.17) is 14.6 Å². The Morgan fingerprint density at radius 3 is 3.00 bits per heavy atom. The average Bonchev–Trinajstić information content (AvgIpc) is 2.64. The van der Waals surface area contributed by atoms with Crippen LogP contribution in [0.25, 0.3) is 0 Å². The molecule has 2 aliphatic rings. The van der Waals surface area contributed by atoms with Crippen molar-refractivity contribution in [1.29, 1.82) is 0 Å². The lowest BCUT2D eigenvalue weighted by Crippen LogP contribution is -2.46. The van der Waals surface area contributed by atoms with Crippen LogP contribution in [0.1, 0.15) is 31.2 Å². The number of carbonyl (C=O) groups excluding carboxylic acids is 2. The van der Waals surface area contributed by atoms with E-state index >= 15 is 0 Å². The van der Waals surface area contributed by atoms with Crippen molar-refractivity contribution in [2.45, 2.75) is 38.2 Å². The summed E-state index contributed by atoms with van der Waals surface area (Å²) < 4.78 is 11.1. The Morgan fingerprint density at radius 1 is 1.33 bits per heavy atom. The second-order valence-corrected chi connectivity index (χ2v) is 6.75. The number of anilines is 1. The average molecular weight is 376 g/mol. The molecule has 1 saturated heterocycles. The fourth-order valence-electron chi connectivity index (χ4n) is 3.29. The number of aryl methyl sites for hydroxylation is 1. The van der Waals surface area contributed by atoms with Crippen molar-refractivity contribution in [3.8, 4) is 5.75 Å². The van der Waals surface area contributed by atoms with E-state index in [1.807, 2.05) is 18.2 Å². The molecule has 8 heteroatoms. The summed E-state index contributed by atoms with van der Waals surface area (Å²) >= 11 is 0. The summed E-state index contributed by atoms with van der Waals surface area (Å²) in [6.45, 7) is 1.60. The van der Waals surface area contributed by atoms with Crippen LogP contribution >= 0.6 is 0 Å². The highest BCUT2D eigenvalue weighted by molar-refractivity contribution is 5.94. The van der Waals surface area contributed by atoms with E-state index in [2.05, 4.69) is 5.32 Å². The van der Waals surface area contributed by atoms with Gasteiger partial charge < -0.3 is 24.8 Å². The third-order valence-corrected chi connectivity index (χ3v) is 4.67. The molecule has 2 amide bonds. The maximum atomic E-state index is 12.3. The summed E-state index contributed by atoms with van der Waals surface area (Å²) in [5, 5.41) is 11.7. The lowest BCUT2D eigenvalue weighted by atomic mass is 10.0. The quantitative estimate of drug-likeness (QED) is 0.698. The van der Waals surface area contributed by atoms with Crippen molar-refractivity contribution >= 4 is 23.5 Å². The fraction of sp³-hybridized carbons (Fsp3) is 0.526. The van der Waals surface area contributed by atoms with E-state index in [1.165, 1.54) is 0 Å². The van der Waals surface area contributed by atoms with Crippen LogP contribution in [0.5, 0.6) is 5.75 Å². The molecule has 0 saturated carbocycles. The number of hydrogen-bond acceptors (Lipinski definition) is 5. The van der Waals surface area contributed by atoms with Crippen LogP contribution in [0.4, 0.5) is 5.69 Å². The number of nitrogens with one attached hydrogen (secondary N) is 1. The lowest BCUT2D eigenvalue weighted by Gasteiger charge is -2.32. The zero-order chi connectivity index (χ0) is 19.2. The third-order valence-electron chi connectivity index (χ3n) is 4.67. The number of ether oxygens (including phenoxy) is 2. The number of benzene rings is 1. The Labute approximate surface area is 157 Å². The standard InChI is InChI=1S/C19H24N2O6/c22-17-6-3-13-10-14(4-5-16(13)20-17)26-8-1-2-18(23)21-7-9-27-15(12-21)11-19(24)25/h4-5,10,15H,1-3,6-9,11-12H2,(H,20,22)(H,24,25)/t15-/m1/s1. The van der Waals surface area contributed by atoms with Gasteiger partial charge in [0.2, 0.25) is 11.8 Å². The molecule has 0 aliphatic carbocycles. The number of carboxylic acids is 1. The highest BCUT2D eigenvalue weighted by Gasteiger charge is 2.25. The van der Waals surface area contributed by atoms with E-state index in [9.17, 15) is 14.4 Å². The number of nitrogens with zero attached hydrogens (tertiary/aromatic N) is 1. The van der Waals surface area contributed by atoms with Crippen molar-refractivity contribution in [2.75, 3.05) is 31.6 Å². The second-order valence-electron chi connectivity index (χ2n) is 6.75. The Bertz CT molecular complexity index is 720. The van der Waals surface area contributed by atoms with Gasteiger partial charge in [-0.2, -0.15) is 0 Å². The minimum Gasteiger partial charge on any atom is -0.494 e. The van der Waals surface area contributed by atoms with E-state index in [0.29, 0.717) is 52.0 Å². The Kier molecular flexibility index (Phi) is 6.28. The van der Waals surface area contributed by atoms with Crippen LogP contribution in [0, 0.1) is 0 Å². The first-order valence-corrected chi connectivity index (χ1v) is 9.18. The van der Waals surface area contributed by atoms with E-state index in [0.717, 1.165) is 17.0 Å². The molecule has 0 unspecified atom stereocenters. The summed E-state index contributed by atoms with van der Waals surface area (Å²) in [5.74, 6) is -0.175. The molecule has 27 heavy (non-hydrogen) atoms. The molecular formula is C19H24N2O6. The van der Waals surface area contributed by atoms with E-state index in [-0.39, 0.29) is 18.2 Å². The largest absolute Gasteiger partial charge is 0.494 e. The van der Waals surface area contributed by atoms with Crippen molar-refractivity contribution < 1.29 is 29.0 Å². The highest BCUT2D eigenvalue weighted by Crippen LogP contribution is 2.26. The summed E-state index contributed by atoms with van der Waals surface area (Å²) in [6, 6.07) is 5.57. The Hall–Kier alpha value is -2.61. The van der Waals surface area contributed by atoms with Crippen molar-refractivity contribution in [3.05, 3.63) is 23.8 Å². The fourth-order valence-corrected chi connectivity index (χ4v) is 3.29. The lowest BCUT2D eigenvalue weighted by molar-refractivity contribution is -0.147. The van der Waals surface area contributed by atoms with Gasteiger partial charge in [0.15, 0.2) is 0 Å². The smallest absolute Gasteiger partial charge is 0.306 e. The molecule has 146 valence electrons. The van der Waals surface area contributed by atoms with E-state index < -0.39 is 12.1 Å². The predicted octanol–water partition coefficient (Wildman–Crippen LogP) is 1.43. The zero-order valence-corrected chi connectivity index (χ0v) is 15.1. The highest BCUT2D eigenvalue weighted by atomic mass is 16.5. The summed E-state index contributed by atoms with van der Waals surface area (Å²) in [7, 11) is 0. The summed E-state index contributed by atoms with van der Waals surface area (Å²) in [5.41, 5.74) is 1.89. The molecule has 1 fully saturated rings. The maximum Gasteiger partial charge on any atom is 0.306 e. The SMILES string of the molecule is O=C(O)C[C@@H]1CN(C(=O)CCCOc2ccc3c(c2)CCC(=O)N3)CCO1. The number of carbonyl (C=O) groups is 3. The van der Waals surface area contributed by atoms with Gasteiger partial charge in [0.1, 0.15) is 5.75 Å². The number of fused-ring (bicyclic) bond motifs is 1. The van der Waals surface area contributed by atoms with Gasteiger partial charge in [-0.05, 0) is 36.6 Å².